The maximum Gasteiger partial charge on any atom is 0.286 e. The summed E-state index contributed by atoms with van der Waals surface area (Å²) in [7, 11) is 0. The molecule has 64 heavy (non-hydrogen) atoms. The van der Waals surface area contributed by atoms with Crippen LogP contribution in [0.1, 0.15) is 156 Å². The van der Waals surface area contributed by atoms with E-state index in [1.54, 1.807) is 30.7 Å². The molecule has 6 heterocycles. The number of nitrogens with zero attached hydrogens (tertiary/aromatic N) is 9. The maximum atomic E-state index is 13.1. The van der Waals surface area contributed by atoms with Crippen LogP contribution >= 0.6 is 0 Å². The van der Waals surface area contributed by atoms with Crippen LogP contribution < -0.4 is 0 Å². The van der Waals surface area contributed by atoms with Crippen LogP contribution in [0.15, 0.2) is 88.3 Å². The molecule has 0 spiro atoms. The van der Waals surface area contributed by atoms with Gasteiger partial charge in [0.25, 0.3) is 5.92 Å². The van der Waals surface area contributed by atoms with Crippen molar-refractivity contribution >= 4 is 0 Å². The summed E-state index contributed by atoms with van der Waals surface area (Å²) < 4.78 is 37.1. The molecule has 0 N–H and O–H groups in total. The molecule has 0 radical (unpaired) electrons. The lowest BCUT2D eigenvalue weighted by atomic mass is 9.85. The third kappa shape index (κ3) is 18.5. The van der Waals surface area contributed by atoms with E-state index >= 15 is 0 Å². The summed E-state index contributed by atoms with van der Waals surface area (Å²) in [6.45, 7) is 26.8. The molecule has 13 heteroatoms. The zero-order valence-corrected chi connectivity index (χ0v) is 40.1. The summed E-state index contributed by atoms with van der Waals surface area (Å²) in [6, 6.07) is 18.3. The molecule has 0 unspecified atom stereocenters. The van der Waals surface area contributed by atoms with Gasteiger partial charge in [-0.15, -0.1) is 10.2 Å². The number of halogens is 2. The first-order valence-corrected chi connectivity index (χ1v) is 22.0. The van der Waals surface area contributed by atoms with Crippen LogP contribution in [0, 0.1) is 33.0 Å². The molecule has 0 bridgehead atoms. The standard InChI is InChI=1S/C16H19F2N3.C13H16N2O.C11H18N2O.C11H14N2/c1-15(2,3)7-14-20-9-12(10-21-14)11-5-6-13(19-8-11)16(4,17)18;1-13(2,3)9-10-8-12(16-15-10)11-6-4-5-7-14-11;1-11(2,3)7-9-12-13-10(14-9)8-5-4-6-8;1-11(2,3)7-9-5-4-6-10(8-12)13-9/h5-6,8-10H,7H2,1-4H3;4-8H,9H2,1-3H3;8H,4-7H2,1-3H3;4-6H,7H2,1-3H3. The first-order valence-electron chi connectivity index (χ1n) is 22.0. The number of alkyl halides is 2. The molecule has 0 aliphatic heterocycles. The van der Waals surface area contributed by atoms with Crippen molar-refractivity contribution in [1.29, 1.82) is 5.26 Å². The van der Waals surface area contributed by atoms with Crippen molar-refractivity contribution in [3.8, 4) is 28.7 Å². The van der Waals surface area contributed by atoms with Gasteiger partial charge in [-0.1, -0.05) is 113 Å². The Morgan fingerprint density at radius 2 is 1.28 bits per heavy atom. The van der Waals surface area contributed by atoms with E-state index in [2.05, 4.69) is 123 Å². The first-order chi connectivity index (χ1) is 29.7. The highest BCUT2D eigenvalue weighted by Crippen LogP contribution is 2.36. The summed E-state index contributed by atoms with van der Waals surface area (Å²) >= 11 is 0. The van der Waals surface area contributed by atoms with Gasteiger partial charge in [0.05, 0.1) is 5.69 Å². The summed E-state index contributed by atoms with van der Waals surface area (Å²) in [4.78, 5) is 20.9. The number of nitriles is 1. The predicted molar refractivity (Wildman–Crippen MR) is 247 cm³/mol. The van der Waals surface area contributed by atoms with Gasteiger partial charge in [-0.05, 0) is 77.7 Å². The van der Waals surface area contributed by atoms with Gasteiger partial charge < -0.3 is 8.94 Å². The fraction of sp³-hybridized carbons (Fsp3) is 0.510. The van der Waals surface area contributed by atoms with Crippen molar-refractivity contribution in [2.24, 2.45) is 21.7 Å². The van der Waals surface area contributed by atoms with Gasteiger partial charge in [-0.3, -0.25) is 9.97 Å². The molecule has 342 valence electrons. The van der Waals surface area contributed by atoms with Gasteiger partial charge in [0.15, 0.2) is 5.76 Å². The number of rotatable bonds is 8. The van der Waals surface area contributed by atoms with Crippen molar-refractivity contribution in [1.82, 2.24) is 40.3 Å². The molecule has 6 aromatic heterocycles. The second-order valence-electron chi connectivity index (χ2n) is 21.3. The van der Waals surface area contributed by atoms with E-state index in [4.69, 9.17) is 14.2 Å². The van der Waals surface area contributed by atoms with Gasteiger partial charge in [-0.2, -0.15) is 14.0 Å². The van der Waals surface area contributed by atoms with Crippen LogP contribution in [0.3, 0.4) is 0 Å². The van der Waals surface area contributed by atoms with E-state index in [1.807, 2.05) is 42.5 Å². The van der Waals surface area contributed by atoms with Crippen LogP contribution in [0.2, 0.25) is 0 Å². The van der Waals surface area contributed by atoms with Crippen molar-refractivity contribution in [2.45, 2.75) is 147 Å². The number of aromatic nitrogens is 8. The molecular formula is C51H67F2N9O2. The normalized spacial score (nSPS) is 13.2. The highest BCUT2D eigenvalue weighted by Gasteiger charge is 2.27. The Morgan fingerprint density at radius 3 is 1.80 bits per heavy atom. The zero-order chi connectivity index (χ0) is 47.3. The molecule has 0 saturated heterocycles. The van der Waals surface area contributed by atoms with Gasteiger partial charge in [-0.25, -0.2) is 15.0 Å². The molecule has 1 aliphatic rings. The van der Waals surface area contributed by atoms with Crippen molar-refractivity contribution in [3.63, 3.8) is 0 Å². The first kappa shape index (κ1) is 50.9. The average Bonchev–Trinajstić information content (AvgIpc) is 3.82. The molecule has 6 aromatic rings. The Hall–Kier alpha value is -5.77. The highest BCUT2D eigenvalue weighted by molar-refractivity contribution is 5.60. The van der Waals surface area contributed by atoms with E-state index in [9.17, 15) is 8.78 Å². The van der Waals surface area contributed by atoms with E-state index in [1.165, 1.54) is 31.5 Å². The maximum absolute atomic E-state index is 13.1. The van der Waals surface area contributed by atoms with Gasteiger partial charge in [0.2, 0.25) is 11.8 Å². The molecule has 11 nitrogen and oxygen atoms in total. The lowest BCUT2D eigenvalue weighted by Crippen LogP contribution is -2.11. The van der Waals surface area contributed by atoms with Crippen LogP contribution in [0.5, 0.6) is 0 Å². The molecule has 0 amide bonds. The summed E-state index contributed by atoms with van der Waals surface area (Å²) in [6.07, 6.45) is 13.8. The lowest BCUT2D eigenvalue weighted by Gasteiger charge is -2.21. The minimum atomic E-state index is -2.93. The topological polar surface area (TPSA) is 153 Å². The Labute approximate surface area is 379 Å². The lowest BCUT2D eigenvalue weighted by molar-refractivity contribution is 0.0128. The minimum Gasteiger partial charge on any atom is -0.425 e. The molecule has 0 aromatic carbocycles. The summed E-state index contributed by atoms with van der Waals surface area (Å²) in [5.74, 6) is 0.785. The predicted octanol–water partition coefficient (Wildman–Crippen LogP) is 13.0. The Morgan fingerprint density at radius 1 is 0.656 bits per heavy atom. The zero-order valence-electron chi connectivity index (χ0n) is 40.1. The van der Waals surface area contributed by atoms with Crippen LogP contribution in [-0.2, 0) is 31.6 Å². The number of hydrogen-bond acceptors (Lipinski definition) is 11. The fourth-order valence-electron chi connectivity index (χ4n) is 6.26. The minimum absolute atomic E-state index is 0.122. The van der Waals surface area contributed by atoms with E-state index in [0.29, 0.717) is 11.6 Å². The number of hydrogen-bond donors (Lipinski definition) is 0. The highest BCUT2D eigenvalue weighted by atomic mass is 19.3. The third-order valence-corrected chi connectivity index (χ3v) is 9.38. The second kappa shape index (κ2) is 21.7. The summed E-state index contributed by atoms with van der Waals surface area (Å²) in [5.41, 5.74) is 5.35. The van der Waals surface area contributed by atoms with Crippen molar-refractivity contribution in [3.05, 3.63) is 120 Å². The smallest absolute Gasteiger partial charge is 0.286 e. The Balaban J connectivity index is 0.000000190. The second-order valence-corrected chi connectivity index (χ2v) is 21.3. The van der Waals surface area contributed by atoms with Crippen LogP contribution in [0.4, 0.5) is 8.78 Å². The van der Waals surface area contributed by atoms with Gasteiger partial charge in [0, 0.05) is 73.4 Å². The van der Waals surface area contributed by atoms with E-state index in [0.717, 1.165) is 84.2 Å². The molecule has 7 rings (SSSR count). The summed E-state index contributed by atoms with van der Waals surface area (Å²) in [5, 5.41) is 20.9. The molecule has 1 aliphatic carbocycles. The monoisotopic (exact) mass is 876 g/mol. The largest absolute Gasteiger partial charge is 0.425 e. The Bertz CT molecular complexity index is 2350. The average molecular weight is 876 g/mol. The van der Waals surface area contributed by atoms with Crippen molar-refractivity contribution < 1.29 is 17.7 Å². The fourth-order valence-corrected chi connectivity index (χ4v) is 6.26. The molecule has 1 saturated carbocycles. The van der Waals surface area contributed by atoms with Gasteiger partial charge >= 0.3 is 0 Å². The van der Waals surface area contributed by atoms with E-state index < -0.39 is 5.92 Å². The van der Waals surface area contributed by atoms with E-state index in [-0.39, 0.29) is 27.4 Å². The molecule has 0 atom stereocenters. The Kier molecular flexibility index (Phi) is 17.3. The SMILES string of the molecule is CC(C)(C)Cc1cc(-c2ccccn2)on1.CC(C)(C)Cc1cccc(C#N)n1.CC(C)(C)Cc1ncc(-c2ccc(C(C)(F)F)nc2)cn1.CC(C)(C)Cc1nnc(C2CCC2)o1. The quantitative estimate of drug-likeness (QED) is 0.144. The number of pyridine rings is 3. The molecular weight excluding hydrogens is 809 g/mol. The van der Waals surface area contributed by atoms with Gasteiger partial charge in [0.1, 0.15) is 29.0 Å². The third-order valence-electron chi connectivity index (χ3n) is 9.38. The molecule has 1 fully saturated rings. The van der Waals surface area contributed by atoms with Crippen molar-refractivity contribution in [2.75, 3.05) is 0 Å². The van der Waals surface area contributed by atoms with Crippen LogP contribution in [0.25, 0.3) is 22.6 Å². The van der Waals surface area contributed by atoms with Crippen LogP contribution in [-0.4, -0.2) is 40.3 Å².